The van der Waals surface area contributed by atoms with E-state index in [-0.39, 0.29) is 6.61 Å². The van der Waals surface area contributed by atoms with Gasteiger partial charge in [-0.15, -0.1) is 0 Å². The van der Waals surface area contributed by atoms with Crippen molar-refractivity contribution >= 4 is 18.2 Å². The predicted molar refractivity (Wildman–Crippen MR) is 58.2 cm³/mol. The first kappa shape index (κ1) is 12.5. The number of nitrogens with two attached hydrogens (primary N) is 1. The van der Waals surface area contributed by atoms with Crippen molar-refractivity contribution in [1.29, 1.82) is 5.41 Å². The molecule has 0 bridgehead atoms. The molecule has 1 rings (SSSR count). The first-order valence-electron chi connectivity index (χ1n) is 4.61. The lowest BCUT2D eigenvalue weighted by atomic mass is 10.2. The van der Waals surface area contributed by atoms with Gasteiger partial charge in [0.2, 0.25) is 0 Å². The van der Waals surface area contributed by atoms with Gasteiger partial charge < -0.3 is 15.2 Å². The molecule has 0 radical (unpaired) electrons. The fourth-order valence-corrected chi connectivity index (χ4v) is 0.978. The highest BCUT2D eigenvalue weighted by Gasteiger charge is 2.08. The van der Waals surface area contributed by atoms with Crippen molar-refractivity contribution in [2.45, 2.75) is 6.61 Å². The number of amides is 2. The molecule has 0 saturated heterocycles. The second kappa shape index (κ2) is 6.11. The van der Waals surface area contributed by atoms with Crippen LogP contribution < -0.4 is 11.1 Å². The molecule has 1 aromatic carbocycles. The van der Waals surface area contributed by atoms with Crippen LogP contribution in [0.1, 0.15) is 5.56 Å². The number of alkyl carbamates (subject to hydrolysis) is 1. The highest BCUT2D eigenvalue weighted by atomic mass is 16.6. The molecule has 7 nitrogen and oxygen atoms in total. The Hall–Kier alpha value is -2.57. The summed E-state index contributed by atoms with van der Waals surface area (Å²) in [5, 5.41) is 8.88. The molecule has 0 heterocycles. The summed E-state index contributed by atoms with van der Waals surface area (Å²) >= 11 is 0. The van der Waals surface area contributed by atoms with E-state index >= 15 is 0 Å². The predicted octanol–water partition coefficient (Wildman–Crippen LogP) is 0.943. The molecule has 2 amide bonds. The van der Waals surface area contributed by atoms with E-state index in [1.807, 2.05) is 11.4 Å². The molecule has 17 heavy (non-hydrogen) atoms. The zero-order chi connectivity index (χ0) is 12.7. The summed E-state index contributed by atoms with van der Waals surface area (Å²) in [4.78, 5) is 21.3. The van der Waals surface area contributed by atoms with Crippen LogP contribution in [0.2, 0.25) is 0 Å². The molecule has 0 spiro atoms. The monoisotopic (exact) mass is 237 g/mol. The Balaban J connectivity index is 2.31. The van der Waals surface area contributed by atoms with E-state index in [1.54, 1.807) is 24.3 Å². The molecule has 1 aromatic rings. The number of carbonyl (C=O) groups excluding carboxylic acids is 2. The topological polar surface area (TPSA) is 114 Å². The summed E-state index contributed by atoms with van der Waals surface area (Å²) < 4.78 is 8.84. The van der Waals surface area contributed by atoms with Crippen molar-refractivity contribution in [3.8, 4) is 0 Å². The Morgan fingerprint density at radius 3 is 2.53 bits per heavy atom. The van der Waals surface area contributed by atoms with Crippen LogP contribution in [0.15, 0.2) is 30.3 Å². The summed E-state index contributed by atoms with van der Waals surface area (Å²) in [6.07, 6.45) is -2.08. The highest BCUT2D eigenvalue weighted by molar-refractivity contribution is 5.93. The van der Waals surface area contributed by atoms with Gasteiger partial charge >= 0.3 is 18.2 Å². The summed E-state index contributed by atoms with van der Waals surface area (Å²) in [6, 6.07) is 8.20. The van der Waals surface area contributed by atoms with Gasteiger partial charge in [0.1, 0.15) is 6.61 Å². The van der Waals surface area contributed by atoms with Gasteiger partial charge in [-0.25, -0.2) is 14.9 Å². The number of benzene rings is 1. The van der Waals surface area contributed by atoms with Crippen LogP contribution in [0.5, 0.6) is 0 Å². The summed E-state index contributed by atoms with van der Waals surface area (Å²) in [5.74, 6) is 0. The largest absolute Gasteiger partial charge is 0.444 e. The third-order valence-electron chi connectivity index (χ3n) is 1.63. The fraction of sp³-hybridized carbons (Fsp3) is 0.100. The molecule has 0 aliphatic rings. The molecule has 0 saturated carbocycles. The molecule has 7 heteroatoms. The molecular weight excluding hydrogens is 226 g/mol. The first-order valence-corrected chi connectivity index (χ1v) is 4.61. The van der Waals surface area contributed by atoms with E-state index in [2.05, 4.69) is 10.5 Å². The van der Waals surface area contributed by atoms with E-state index < -0.39 is 18.2 Å². The summed E-state index contributed by atoms with van der Waals surface area (Å²) in [6.45, 7) is 0.0521. The van der Waals surface area contributed by atoms with Gasteiger partial charge in [0, 0.05) is 0 Å². The maximum Gasteiger partial charge on any atom is 0.415 e. The Morgan fingerprint density at radius 1 is 1.29 bits per heavy atom. The van der Waals surface area contributed by atoms with Gasteiger partial charge in [-0.1, -0.05) is 30.3 Å². The maximum atomic E-state index is 11.1. The van der Waals surface area contributed by atoms with E-state index in [9.17, 15) is 9.59 Å². The highest BCUT2D eigenvalue weighted by Crippen LogP contribution is 2.00. The van der Waals surface area contributed by atoms with Crippen LogP contribution in [0.25, 0.3) is 0 Å². The van der Waals surface area contributed by atoms with Crippen molar-refractivity contribution in [2.75, 3.05) is 0 Å². The Morgan fingerprint density at radius 2 is 1.94 bits per heavy atom. The Kier molecular flexibility index (Phi) is 4.49. The smallest absolute Gasteiger partial charge is 0.415 e. The van der Waals surface area contributed by atoms with E-state index in [1.165, 1.54) is 0 Å². The first-order chi connectivity index (χ1) is 8.08. The normalized spacial score (nSPS) is 9.18. The minimum Gasteiger partial charge on any atom is -0.444 e. The zero-order valence-electron chi connectivity index (χ0n) is 8.80. The second-order valence-corrected chi connectivity index (χ2v) is 2.94. The molecule has 4 N–H and O–H groups in total. The van der Waals surface area contributed by atoms with Gasteiger partial charge in [-0.05, 0) is 5.56 Å². The molecule has 0 fully saturated rings. The zero-order valence-corrected chi connectivity index (χ0v) is 8.80. The minimum atomic E-state index is -1.18. The Bertz CT molecular complexity index is 419. The van der Waals surface area contributed by atoms with Crippen LogP contribution in [0, 0.1) is 5.41 Å². The third-order valence-corrected chi connectivity index (χ3v) is 1.63. The number of primary amides is 1. The van der Waals surface area contributed by atoms with Crippen molar-refractivity contribution < 1.29 is 19.1 Å². The fourth-order valence-electron chi connectivity index (χ4n) is 0.978. The van der Waals surface area contributed by atoms with Crippen LogP contribution in [0.4, 0.5) is 9.59 Å². The minimum absolute atomic E-state index is 0.0521. The number of rotatable bonds is 2. The summed E-state index contributed by atoms with van der Waals surface area (Å²) in [7, 11) is 0. The van der Waals surface area contributed by atoms with Crippen molar-refractivity contribution in [1.82, 2.24) is 5.32 Å². The average molecular weight is 237 g/mol. The lowest BCUT2D eigenvalue weighted by Crippen LogP contribution is -2.35. The van der Waals surface area contributed by atoms with E-state index in [0.29, 0.717) is 0 Å². The van der Waals surface area contributed by atoms with E-state index in [4.69, 9.17) is 10.1 Å². The molecule has 0 aliphatic heterocycles. The summed E-state index contributed by atoms with van der Waals surface area (Å²) in [5.41, 5.74) is 5.44. The van der Waals surface area contributed by atoms with Gasteiger partial charge in [0.05, 0.1) is 0 Å². The third kappa shape index (κ3) is 5.17. The molecule has 0 unspecified atom stereocenters. The van der Waals surface area contributed by atoms with Crippen LogP contribution >= 0.6 is 0 Å². The molecule has 90 valence electrons. The maximum absolute atomic E-state index is 11.1. The average Bonchev–Trinajstić information content (AvgIpc) is 2.26. The van der Waals surface area contributed by atoms with Gasteiger partial charge in [-0.3, -0.25) is 5.41 Å². The van der Waals surface area contributed by atoms with Crippen LogP contribution in [-0.2, 0) is 16.1 Å². The number of amidine groups is 1. The van der Waals surface area contributed by atoms with Crippen LogP contribution in [0.3, 0.4) is 0 Å². The van der Waals surface area contributed by atoms with E-state index in [0.717, 1.165) is 5.56 Å². The number of carbonyl (C=O) groups is 2. The van der Waals surface area contributed by atoms with Crippen molar-refractivity contribution in [3.63, 3.8) is 0 Å². The number of ether oxygens (including phenoxy) is 2. The lowest BCUT2D eigenvalue weighted by molar-refractivity contribution is 0.142. The molecule has 0 aromatic heterocycles. The quantitative estimate of drug-likeness (QED) is 0.524. The van der Waals surface area contributed by atoms with Crippen LogP contribution in [-0.4, -0.2) is 18.2 Å². The van der Waals surface area contributed by atoms with Crippen molar-refractivity contribution in [3.05, 3.63) is 35.9 Å². The Labute approximate surface area is 97.0 Å². The standard InChI is InChI=1S/C10H11N3O4/c11-8(17-9(12)14)13-10(15)16-6-7-4-2-1-3-5-7/h1-5H,6H2,(H2,12,14)(H2,11,13,15). The van der Waals surface area contributed by atoms with Crippen molar-refractivity contribution in [2.24, 2.45) is 5.73 Å². The SMILES string of the molecule is N=C(NC(=O)OCc1ccccc1)OC(N)=O. The number of nitrogens with one attached hydrogen (secondary N) is 2. The van der Waals surface area contributed by atoms with Gasteiger partial charge in [0.15, 0.2) is 0 Å². The van der Waals surface area contributed by atoms with Gasteiger partial charge in [0.25, 0.3) is 0 Å². The lowest BCUT2D eigenvalue weighted by Gasteiger charge is -2.06. The second-order valence-electron chi connectivity index (χ2n) is 2.94. The van der Waals surface area contributed by atoms with Gasteiger partial charge in [-0.2, -0.15) is 0 Å². The number of hydrogen-bond acceptors (Lipinski definition) is 5. The molecular formula is C10H11N3O4. The number of hydrogen-bond donors (Lipinski definition) is 3. The molecule has 0 aliphatic carbocycles. The molecule has 0 atom stereocenters.